The first-order valence-corrected chi connectivity index (χ1v) is 9.79. The van der Waals surface area contributed by atoms with E-state index in [1.807, 2.05) is 25.1 Å². The largest absolute Gasteiger partial charge is 0.349 e. The van der Waals surface area contributed by atoms with E-state index in [1.165, 1.54) is 0 Å². The number of hydrogen-bond acceptors (Lipinski definition) is 4. The summed E-state index contributed by atoms with van der Waals surface area (Å²) in [4.78, 5) is 29.9. The maximum Gasteiger partial charge on any atom is 0.251 e. The van der Waals surface area contributed by atoms with Crippen LogP contribution in [-0.4, -0.2) is 33.3 Å². The Labute approximate surface area is 159 Å². The number of nitrogens with zero attached hydrogens (tertiary/aromatic N) is 2. The van der Waals surface area contributed by atoms with Gasteiger partial charge >= 0.3 is 0 Å². The molecule has 2 aliphatic rings. The summed E-state index contributed by atoms with van der Waals surface area (Å²) in [6.45, 7) is 1.97. The van der Waals surface area contributed by atoms with Crippen molar-refractivity contribution in [2.45, 2.75) is 57.5 Å². The lowest BCUT2D eigenvalue weighted by Crippen LogP contribution is -2.39. The van der Waals surface area contributed by atoms with Gasteiger partial charge in [0, 0.05) is 36.0 Å². The van der Waals surface area contributed by atoms with Gasteiger partial charge in [0.05, 0.1) is 5.69 Å². The number of nitrogens with one attached hydrogen (secondary N) is 1. The maximum atomic E-state index is 13.1. The van der Waals surface area contributed by atoms with E-state index in [-0.39, 0.29) is 23.7 Å². The Hall–Kier alpha value is -2.47. The Morgan fingerprint density at radius 3 is 2.70 bits per heavy atom. The molecule has 2 aromatic rings. The fourth-order valence-corrected chi connectivity index (χ4v) is 3.84. The molecular formula is C21H26N4O2. The number of nitrogens with two attached hydrogens (primary N) is 1. The highest BCUT2D eigenvalue weighted by molar-refractivity contribution is 5.97. The van der Waals surface area contributed by atoms with E-state index < -0.39 is 0 Å². The molecule has 0 saturated heterocycles. The first-order chi connectivity index (χ1) is 13.0. The minimum atomic E-state index is -0.179. The molecule has 6 heteroatoms. The average molecular weight is 366 g/mol. The zero-order chi connectivity index (χ0) is 19.0. The molecule has 0 radical (unpaired) electrons. The zero-order valence-corrected chi connectivity index (χ0v) is 15.6. The number of carbonyl (C=O) groups excluding carboxylic acids is 2. The average Bonchev–Trinajstić information content (AvgIpc) is 3.34. The van der Waals surface area contributed by atoms with E-state index in [1.54, 1.807) is 17.0 Å². The molecule has 2 aliphatic carbocycles. The molecule has 1 aromatic heterocycles. The van der Waals surface area contributed by atoms with Gasteiger partial charge in [-0.05, 0) is 50.3 Å². The third-order valence-corrected chi connectivity index (χ3v) is 5.66. The van der Waals surface area contributed by atoms with Gasteiger partial charge in [0.1, 0.15) is 0 Å². The van der Waals surface area contributed by atoms with Gasteiger partial charge in [0.15, 0.2) is 5.82 Å². The van der Waals surface area contributed by atoms with Crippen LogP contribution in [0.25, 0.3) is 5.69 Å². The first-order valence-electron chi connectivity index (χ1n) is 9.79. The van der Waals surface area contributed by atoms with Crippen molar-refractivity contribution in [2.75, 3.05) is 0 Å². The van der Waals surface area contributed by atoms with E-state index in [2.05, 4.69) is 10.3 Å². The number of aryl methyl sites for hydroxylation is 1. The molecule has 3 N–H and O–H groups in total. The molecule has 1 aromatic carbocycles. The summed E-state index contributed by atoms with van der Waals surface area (Å²) in [5.74, 6) is 0.155. The van der Waals surface area contributed by atoms with Crippen LogP contribution in [0.3, 0.4) is 0 Å². The second-order valence-electron chi connectivity index (χ2n) is 7.79. The molecule has 0 spiro atoms. The smallest absolute Gasteiger partial charge is 0.251 e. The molecule has 4 rings (SSSR count). The monoisotopic (exact) mass is 366 g/mol. The Kier molecular flexibility index (Phi) is 4.83. The Morgan fingerprint density at radius 1 is 1.19 bits per heavy atom. The fourth-order valence-electron chi connectivity index (χ4n) is 3.84. The van der Waals surface area contributed by atoms with Crippen LogP contribution in [0.15, 0.2) is 30.6 Å². The van der Waals surface area contributed by atoms with Gasteiger partial charge in [0.25, 0.3) is 5.91 Å². The number of Topliss-reactive ketones (excluding diaryl/α,β-unsaturated/α-hetero) is 1. The van der Waals surface area contributed by atoms with E-state index >= 15 is 0 Å². The summed E-state index contributed by atoms with van der Waals surface area (Å²) in [6.07, 6.45) is 9.32. The third kappa shape index (κ3) is 3.67. The number of imidazole rings is 1. The minimum Gasteiger partial charge on any atom is -0.349 e. The van der Waals surface area contributed by atoms with Crippen LogP contribution in [0.2, 0.25) is 0 Å². The first kappa shape index (κ1) is 17.9. The summed E-state index contributed by atoms with van der Waals surface area (Å²) in [7, 11) is 0. The SMILES string of the molecule is Cc1ccc(C(=O)NC2CC2)cc1-n1ccnc1C(=O)C1CCCCC1N. The summed E-state index contributed by atoms with van der Waals surface area (Å²) in [5.41, 5.74) is 8.60. The molecule has 2 saturated carbocycles. The van der Waals surface area contributed by atoms with E-state index in [0.717, 1.165) is 49.8 Å². The zero-order valence-electron chi connectivity index (χ0n) is 15.6. The van der Waals surface area contributed by atoms with E-state index in [9.17, 15) is 9.59 Å². The third-order valence-electron chi connectivity index (χ3n) is 5.66. The molecule has 6 nitrogen and oxygen atoms in total. The van der Waals surface area contributed by atoms with Crippen LogP contribution >= 0.6 is 0 Å². The molecule has 2 atom stereocenters. The van der Waals surface area contributed by atoms with E-state index in [0.29, 0.717) is 17.4 Å². The Bertz CT molecular complexity index is 869. The standard InChI is InChI=1S/C21H26N4O2/c1-13-6-7-14(21(27)24-15-8-9-15)12-18(13)25-11-10-23-20(25)19(26)16-4-2-3-5-17(16)22/h6-7,10-12,15-17H,2-5,8-9,22H2,1H3,(H,24,27). The van der Waals surface area contributed by atoms with Gasteiger partial charge in [-0.25, -0.2) is 4.98 Å². The summed E-state index contributed by atoms with van der Waals surface area (Å²) in [5, 5.41) is 3.01. The molecular weight excluding hydrogens is 340 g/mol. The van der Waals surface area contributed by atoms with Crippen molar-refractivity contribution < 1.29 is 9.59 Å². The summed E-state index contributed by atoms with van der Waals surface area (Å²) in [6, 6.07) is 5.78. The molecule has 142 valence electrons. The lowest BCUT2D eigenvalue weighted by molar-refractivity contribution is 0.0858. The second kappa shape index (κ2) is 7.27. The molecule has 27 heavy (non-hydrogen) atoms. The fraction of sp³-hybridized carbons (Fsp3) is 0.476. The number of amides is 1. The van der Waals surface area contributed by atoms with Gasteiger partial charge < -0.3 is 11.1 Å². The van der Waals surface area contributed by atoms with E-state index in [4.69, 9.17) is 5.73 Å². The number of hydrogen-bond donors (Lipinski definition) is 2. The predicted molar refractivity (Wildman–Crippen MR) is 103 cm³/mol. The number of aromatic nitrogens is 2. The predicted octanol–water partition coefficient (Wildman–Crippen LogP) is 2.77. The van der Waals surface area contributed by atoms with Gasteiger partial charge in [-0.3, -0.25) is 14.2 Å². The lowest BCUT2D eigenvalue weighted by Gasteiger charge is -2.27. The number of carbonyl (C=O) groups is 2. The van der Waals surface area contributed by atoms with Crippen molar-refractivity contribution in [3.8, 4) is 5.69 Å². The van der Waals surface area contributed by atoms with Crippen molar-refractivity contribution in [1.82, 2.24) is 14.9 Å². The van der Waals surface area contributed by atoms with Gasteiger partial charge in [-0.1, -0.05) is 18.9 Å². The van der Waals surface area contributed by atoms with Gasteiger partial charge in [0.2, 0.25) is 5.78 Å². The topological polar surface area (TPSA) is 90.0 Å². The molecule has 1 heterocycles. The van der Waals surface area contributed by atoms with Crippen molar-refractivity contribution in [1.29, 1.82) is 0 Å². The Balaban J connectivity index is 1.65. The minimum absolute atomic E-state index is 0.000523. The summed E-state index contributed by atoms with van der Waals surface area (Å²) < 4.78 is 1.80. The number of rotatable bonds is 5. The number of ketones is 1. The van der Waals surface area contributed by atoms with Crippen LogP contribution in [0, 0.1) is 12.8 Å². The molecule has 2 unspecified atom stereocenters. The maximum absolute atomic E-state index is 13.1. The van der Waals surface area contributed by atoms with Gasteiger partial charge in [-0.2, -0.15) is 0 Å². The molecule has 2 fully saturated rings. The van der Waals surface area contributed by atoms with Crippen LogP contribution < -0.4 is 11.1 Å². The summed E-state index contributed by atoms with van der Waals surface area (Å²) >= 11 is 0. The van der Waals surface area contributed by atoms with Gasteiger partial charge in [-0.15, -0.1) is 0 Å². The highest BCUT2D eigenvalue weighted by atomic mass is 16.1. The highest BCUT2D eigenvalue weighted by Crippen LogP contribution is 2.27. The van der Waals surface area contributed by atoms with Crippen molar-refractivity contribution in [3.05, 3.63) is 47.5 Å². The molecule has 0 aliphatic heterocycles. The number of benzene rings is 1. The second-order valence-corrected chi connectivity index (χ2v) is 7.79. The van der Waals surface area contributed by atoms with Crippen LogP contribution in [0.4, 0.5) is 0 Å². The highest BCUT2D eigenvalue weighted by Gasteiger charge is 2.32. The quantitative estimate of drug-likeness (QED) is 0.796. The van der Waals surface area contributed by atoms with Crippen LogP contribution in [0.1, 0.15) is 65.1 Å². The lowest BCUT2D eigenvalue weighted by atomic mass is 9.82. The Morgan fingerprint density at radius 2 is 1.96 bits per heavy atom. The molecule has 0 bridgehead atoms. The normalized spacial score (nSPS) is 22.4. The van der Waals surface area contributed by atoms with Crippen molar-refractivity contribution in [3.63, 3.8) is 0 Å². The van der Waals surface area contributed by atoms with Crippen molar-refractivity contribution >= 4 is 11.7 Å². The van der Waals surface area contributed by atoms with Crippen LogP contribution in [0.5, 0.6) is 0 Å². The molecule has 1 amide bonds. The van der Waals surface area contributed by atoms with Crippen LogP contribution in [-0.2, 0) is 0 Å². The van der Waals surface area contributed by atoms with Crippen molar-refractivity contribution in [2.24, 2.45) is 11.7 Å².